The summed E-state index contributed by atoms with van der Waals surface area (Å²) in [6.07, 6.45) is 0.642. The van der Waals surface area contributed by atoms with E-state index in [1.165, 1.54) is 17.0 Å². The van der Waals surface area contributed by atoms with Gasteiger partial charge in [-0.15, -0.1) is 0 Å². The Hall–Kier alpha value is -2.77. The second-order valence-electron chi connectivity index (χ2n) is 4.59. The van der Waals surface area contributed by atoms with E-state index >= 15 is 0 Å². The van der Waals surface area contributed by atoms with Crippen LogP contribution >= 0.6 is 0 Å². The number of phenols is 1. The van der Waals surface area contributed by atoms with E-state index in [0.717, 1.165) is 6.07 Å². The topological polar surface area (TPSA) is 119 Å². The summed E-state index contributed by atoms with van der Waals surface area (Å²) in [5.41, 5.74) is 0.00862. The molecule has 112 valence electrons. The first-order valence-corrected chi connectivity index (χ1v) is 6.36. The van der Waals surface area contributed by atoms with Crippen LogP contribution in [-0.4, -0.2) is 52.7 Å². The SMILES string of the molecule is O=C1CN(C(=O)Nc2ccc(C(=O)O)cc2O)CCCN1. The Morgan fingerprint density at radius 1 is 1.33 bits per heavy atom. The Kier molecular flexibility index (Phi) is 4.27. The van der Waals surface area contributed by atoms with Crippen LogP contribution in [0.25, 0.3) is 0 Å². The molecule has 8 nitrogen and oxygen atoms in total. The molecule has 0 aliphatic carbocycles. The summed E-state index contributed by atoms with van der Waals surface area (Å²) in [5.74, 6) is -1.76. The lowest BCUT2D eigenvalue weighted by Crippen LogP contribution is -2.39. The summed E-state index contributed by atoms with van der Waals surface area (Å²) in [4.78, 5) is 35.5. The highest BCUT2D eigenvalue weighted by Crippen LogP contribution is 2.24. The second-order valence-corrected chi connectivity index (χ2v) is 4.59. The molecule has 0 bridgehead atoms. The molecule has 1 aromatic carbocycles. The van der Waals surface area contributed by atoms with Gasteiger partial charge in [-0.05, 0) is 24.6 Å². The van der Waals surface area contributed by atoms with Gasteiger partial charge in [-0.25, -0.2) is 9.59 Å². The van der Waals surface area contributed by atoms with Gasteiger partial charge in [-0.2, -0.15) is 0 Å². The second kappa shape index (κ2) is 6.12. The van der Waals surface area contributed by atoms with Crippen LogP contribution < -0.4 is 10.6 Å². The van der Waals surface area contributed by atoms with Crippen LogP contribution in [0.1, 0.15) is 16.8 Å². The van der Waals surface area contributed by atoms with Crippen molar-refractivity contribution in [3.63, 3.8) is 0 Å². The fourth-order valence-corrected chi connectivity index (χ4v) is 1.94. The number of carboxylic acid groups (broad SMARTS) is 1. The van der Waals surface area contributed by atoms with Crippen molar-refractivity contribution >= 4 is 23.6 Å². The van der Waals surface area contributed by atoms with Crippen LogP contribution in [0.3, 0.4) is 0 Å². The van der Waals surface area contributed by atoms with Crippen molar-refractivity contribution in [1.29, 1.82) is 0 Å². The standard InChI is InChI=1S/C13H15N3O5/c17-10-6-8(12(19)20)2-3-9(10)15-13(21)16-5-1-4-14-11(18)7-16/h2-3,6,17H,1,4-5,7H2,(H,14,18)(H,15,21)(H,19,20). The van der Waals surface area contributed by atoms with Crippen molar-refractivity contribution in [2.45, 2.75) is 6.42 Å². The molecular weight excluding hydrogens is 278 g/mol. The molecule has 1 aromatic rings. The smallest absolute Gasteiger partial charge is 0.335 e. The van der Waals surface area contributed by atoms with Crippen LogP contribution in [0, 0.1) is 0 Å². The van der Waals surface area contributed by atoms with Gasteiger partial charge in [0.2, 0.25) is 5.91 Å². The molecule has 0 unspecified atom stereocenters. The first-order valence-electron chi connectivity index (χ1n) is 6.36. The van der Waals surface area contributed by atoms with Crippen molar-refractivity contribution in [3.05, 3.63) is 23.8 Å². The number of nitrogens with one attached hydrogen (secondary N) is 2. The number of carbonyl (C=O) groups excluding carboxylic acids is 2. The molecule has 4 N–H and O–H groups in total. The van der Waals surface area contributed by atoms with Crippen LogP contribution in [0.4, 0.5) is 10.5 Å². The lowest BCUT2D eigenvalue weighted by Gasteiger charge is -2.20. The number of benzene rings is 1. The molecule has 1 aliphatic heterocycles. The third kappa shape index (κ3) is 3.62. The van der Waals surface area contributed by atoms with Gasteiger partial charge in [0.1, 0.15) is 12.3 Å². The maximum atomic E-state index is 12.0. The fraction of sp³-hybridized carbons (Fsp3) is 0.308. The molecule has 3 amide bonds. The van der Waals surface area contributed by atoms with Crippen molar-refractivity contribution < 1.29 is 24.6 Å². The number of aromatic hydroxyl groups is 1. The minimum Gasteiger partial charge on any atom is -0.506 e. The summed E-state index contributed by atoms with van der Waals surface area (Å²) in [6.45, 7) is 0.875. The molecule has 0 atom stereocenters. The molecule has 8 heteroatoms. The number of nitrogens with zero attached hydrogens (tertiary/aromatic N) is 1. The first-order chi connectivity index (χ1) is 9.97. The highest BCUT2D eigenvalue weighted by Gasteiger charge is 2.20. The molecule has 0 spiro atoms. The number of rotatable bonds is 2. The average molecular weight is 293 g/mol. The number of aromatic carboxylic acids is 1. The van der Waals surface area contributed by atoms with Crippen LogP contribution in [0.15, 0.2) is 18.2 Å². The Morgan fingerprint density at radius 2 is 2.10 bits per heavy atom. The zero-order valence-corrected chi connectivity index (χ0v) is 11.1. The third-order valence-corrected chi connectivity index (χ3v) is 3.03. The summed E-state index contributed by atoms with van der Waals surface area (Å²) in [7, 11) is 0. The number of hydrogen-bond acceptors (Lipinski definition) is 4. The largest absolute Gasteiger partial charge is 0.506 e. The molecule has 0 saturated carbocycles. The molecule has 0 radical (unpaired) electrons. The van der Waals surface area contributed by atoms with Gasteiger partial charge in [0, 0.05) is 13.1 Å². The highest BCUT2D eigenvalue weighted by atomic mass is 16.4. The van der Waals surface area contributed by atoms with Gasteiger partial charge in [-0.1, -0.05) is 0 Å². The molecule has 21 heavy (non-hydrogen) atoms. The average Bonchev–Trinajstić information content (AvgIpc) is 2.65. The lowest BCUT2D eigenvalue weighted by atomic mass is 10.2. The van der Waals surface area contributed by atoms with E-state index in [1.54, 1.807) is 0 Å². The molecule has 1 heterocycles. The predicted molar refractivity (Wildman–Crippen MR) is 73.3 cm³/mol. The zero-order valence-electron chi connectivity index (χ0n) is 11.1. The monoisotopic (exact) mass is 293 g/mol. The number of urea groups is 1. The lowest BCUT2D eigenvalue weighted by molar-refractivity contribution is -0.120. The fourth-order valence-electron chi connectivity index (χ4n) is 1.94. The summed E-state index contributed by atoms with van der Waals surface area (Å²) in [6, 6.07) is 3.10. The predicted octanol–water partition coefficient (Wildman–Crippen LogP) is 0.444. The number of carbonyl (C=O) groups is 3. The van der Waals surface area contributed by atoms with Crippen LogP contribution in [0.2, 0.25) is 0 Å². The van der Waals surface area contributed by atoms with Crippen molar-refractivity contribution in [1.82, 2.24) is 10.2 Å². The Morgan fingerprint density at radius 3 is 2.76 bits per heavy atom. The highest BCUT2D eigenvalue weighted by molar-refractivity contribution is 5.95. The summed E-state index contributed by atoms with van der Waals surface area (Å²) >= 11 is 0. The Labute approximate surface area is 120 Å². The van der Waals surface area contributed by atoms with E-state index in [0.29, 0.717) is 19.5 Å². The quantitative estimate of drug-likeness (QED) is 0.590. The Balaban J connectivity index is 2.08. The maximum Gasteiger partial charge on any atom is 0.335 e. The Bertz CT molecular complexity index is 587. The summed E-state index contributed by atoms with van der Waals surface area (Å²) < 4.78 is 0. The van der Waals surface area contributed by atoms with E-state index in [1.807, 2.05) is 0 Å². The number of carboxylic acids is 1. The summed E-state index contributed by atoms with van der Waals surface area (Å²) in [5, 5.41) is 23.6. The van der Waals surface area contributed by atoms with Gasteiger partial charge >= 0.3 is 12.0 Å². The molecular formula is C13H15N3O5. The minimum absolute atomic E-state index is 0.0557. The minimum atomic E-state index is -1.17. The van der Waals surface area contributed by atoms with E-state index in [2.05, 4.69) is 10.6 Å². The molecule has 1 fully saturated rings. The molecule has 1 saturated heterocycles. The van der Waals surface area contributed by atoms with Crippen molar-refractivity contribution in [3.8, 4) is 5.75 Å². The number of phenolic OH excluding ortho intramolecular Hbond substituents is 1. The van der Waals surface area contributed by atoms with Crippen LogP contribution in [0.5, 0.6) is 5.75 Å². The first kappa shape index (κ1) is 14.6. The van der Waals surface area contributed by atoms with Gasteiger partial charge in [0.05, 0.1) is 11.3 Å². The molecule has 1 aliphatic rings. The van der Waals surface area contributed by atoms with E-state index in [9.17, 15) is 19.5 Å². The van der Waals surface area contributed by atoms with Crippen molar-refractivity contribution in [2.24, 2.45) is 0 Å². The van der Waals surface area contributed by atoms with Gasteiger partial charge in [0.25, 0.3) is 0 Å². The van der Waals surface area contributed by atoms with E-state index < -0.39 is 12.0 Å². The third-order valence-electron chi connectivity index (χ3n) is 3.03. The number of anilines is 1. The van der Waals surface area contributed by atoms with Crippen molar-refractivity contribution in [2.75, 3.05) is 25.0 Å². The normalized spacial score (nSPS) is 15.0. The van der Waals surface area contributed by atoms with Crippen LogP contribution in [-0.2, 0) is 4.79 Å². The molecule has 2 rings (SSSR count). The van der Waals surface area contributed by atoms with Gasteiger partial charge in [0.15, 0.2) is 0 Å². The number of amides is 3. The van der Waals surface area contributed by atoms with E-state index in [4.69, 9.17) is 5.11 Å². The zero-order chi connectivity index (χ0) is 15.4. The number of hydrogen-bond donors (Lipinski definition) is 4. The van der Waals surface area contributed by atoms with Gasteiger partial charge in [-0.3, -0.25) is 4.79 Å². The van der Waals surface area contributed by atoms with E-state index in [-0.39, 0.29) is 29.5 Å². The molecule has 0 aromatic heterocycles. The maximum absolute atomic E-state index is 12.0. The van der Waals surface area contributed by atoms with Gasteiger partial charge < -0.3 is 25.7 Å².